The maximum absolute atomic E-state index is 11.2. The molecule has 6 heteroatoms. The first kappa shape index (κ1) is 14.5. The number of nitro benzene ring substituents is 1. The number of thiophene rings is 1. The molecule has 1 N–H and O–H groups in total. The predicted octanol–water partition coefficient (Wildman–Crippen LogP) is 5.22. The molecule has 0 amide bonds. The van der Waals surface area contributed by atoms with Crippen molar-refractivity contribution in [3.8, 4) is 0 Å². The van der Waals surface area contributed by atoms with E-state index in [-0.39, 0.29) is 16.7 Å². The Bertz CT molecular complexity index is 699. The first-order valence-electron chi connectivity index (χ1n) is 6.84. The van der Waals surface area contributed by atoms with Crippen molar-refractivity contribution in [2.24, 2.45) is 0 Å². The second-order valence-electron chi connectivity index (χ2n) is 5.30. The number of hydrogen-bond acceptors (Lipinski definition) is 4. The summed E-state index contributed by atoms with van der Waals surface area (Å²) in [5.74, 6) is 0. The number of anilines is 1. The zero-order chi connectivity index (χ0) is 15.0. The van der Waals surface area contributed by atoms with Gasteiger partial charge >= 0.3 is 0 Å². The van der Waals surface area contributed by atoms with Gasteiger partial charge in [0.25, 0.3) is 5.69 Å². The molecule has 1 unspecified atom stereocenters. The molecule has 21 heavy (non-hydrogen) atoms. The van der Waals surface area contributed by atoms with E-state index in [9.17, 15) is 10.1 Å². The number of benzene rings is 1. The maximum Gasteiger partial charge on any atom is 0.292 e. The zero-order valence-corrected chi connectivity index (χ0v) is 14.0. The third-order valence-corrected chi connectivity index (χ3v) is 5.48. The molecular formula is C15H15BrN2O2S. The Balaban J connectivity index is 1.93. The predicted molar refractivity (Wildman–Crippen MR) is 89.2 cm³/mol. The van der Waals surface area contributed by atoms with Gasteiger partial charge in [-0.05, 0) is 65.4 Å². The number of hydrogen-bond donors (Lipinski definition) is 1. The highest BCUT2D eigenvalue weighted by Crippen LogP contribution is 2.40. The number of aryl methyl sites for hydroxylation is 2. The van der Waals surface area contributed by atoms with E-state index < -0.39 is 0 Å². The molecule has 1 heterocycles. The monoisotopic (exact) mass is 366 g/mol. The van der Waals surface area contributed by atoms with Crippen molar-refractivity contribution in [2.75, 3.05) is 5.32 Å². The highest BCUT2D eigenvalue weighted by atomic mass is 79.9. The minimum Gasteiger partial charge on any atom is -0.373 e. The van der Waals surface area contributed by atoms with Gasteiger partial charge in [0.1, 0.15) is 5.69 Å². The van der Waals surface area contributed by atoms with Crippen LogP contribution in [0.1, 0.15) is 34.9 Å². The summed E-state index contributed by atoms with van der Waals surface area (Å²) in [4.78, 5) is 12.3. The average Bonchev–Trinajstić information content (AvgIpc) is 2.82. The molecule has 1 atom stereocenters. The molecule has 3 rings (SSSR count). The van der Waals surface area contributed by atoms with Gasteiger partial charge in [-0.2, -0.15) is 0 Å². The van der Waals surface area contributed by atoms with Crippen LogP contribution in [0.2, 0.25) is 0 Å². The minimum absolute atomic E-state index is 0.149. The van der Waals surface area contributed by atoms with Crippen LogP contribution in [-0.4, -0.2) is 4.92 Å². The van der Waals surface area contributed by atoms with Crippen molar-refractivity contribution < 1.29 is 4.92 Å². The van der Waals surface area contributed by atoms with Crippen LogP contribution in [0.25, 0.3) is 0 Å². The van der Waals surface area contributed by atoms with Gasteiger partial charge in [-0.3, -0.25) is 10.1 Å². The van der Waals surface area contributed by atoms with E-state index in [0.29, 0.717) is 5.69 Å². The molecule has 0 fully saturated rings. The lowest BCUT2D eigenvalue weighted by molar-refractivity contribution is -0.384. The smallest absolute Gasteiger partial charge is 0.292 e. The molecule has 0 spiro atoms. The van der Waals surface area contributed by atoms with Gasteiger partial charge in [-0.15, -0.1) is 11.3 Å². The molecular weight excluding hydrogens is 352 g/mol. The van der Waals surface area contributed by atoms with Crippen LogP contribution in [0.5, 0.6) is 0 Å². The lowest BCUT2D eigenvalue weighted by Crippen LogP contribution is -2.16. The highest BCUT2D eigenvalue weighted by molar-refractivity contribution is 9.11. The Labute approximate surface area is 135 Å². The molecule has 4 nitrogen and oxygen atoms in total. The molecule has 110 valence electrons. The number of fused-ring (bicyclic) bond motifs is 1. The summed E-state index contributed by atoms with van der Waals surface area (Å²) in [7, 11) is 0. The number of rotatable bonds is 3. The van der Waals surface area contributed by atoms with Crippen molar-refractivity contribution in [3.63, 3.8) is 0 Å². The van der Waals surface area contributed by atoms with Crippen LogP contribution in [0.15, 0.2) is 28.1 Å². The van der Waals surface area contributed by atoms with Crippen LogP contribution >= 0.6 is 27.3 Å². The summed E-state index contributed by atoms with van der Waals surface area (Å²) in [6.07, 6.45) is 3.21. The second kappa shape index (κ2) is 5.77. The zero-order valence-electron chi connectivity index (χ0n) is 11.6. The summed E-state index contributed by atoms with van der Waals surface area (Å²) in [5, 5.41) is 14.6. The fourth-order valence-electron chi connectivity index (χ4n) is 2.77. The number of halogens is 1. The Kier molecular flexibility index (Phi) is 3.99. The Morgan fingerprint density at radius 3 is 3.00 bits per heavy atom. The topological polar surface area (TPSA) is 55.2 Å². The van der Waals surface area contributed by atoms with Gasteiger partial charge in [0.05, 0.1) is 14.8 Å². The molecule has 0 radical (unpaired) electrons. The van der Waals surface area contributed by atoms with E-state index in [1.54, 1.807) is 17.4 Å². The molecule has 0 bridgehead atoms. The standard InChI is InChI=1S/C15H15BrN2O2S/c1-9-5-6-12(13(7-9)18(19)20)17-11-3-2-4-14-10(11)8-15(16)21-14/h5-8,11,17H,2-4H2,1H3. The minimum atomic E-state index is -0.317. The van der Waals surface area contributed by atoms with E-state index in [2.05, 4.69) is 27.3 Å². The fraction of sp³-hybridized carbons (Fsp3) is 0.333. The largest absolute Gasteiger partial charge is 0.373 e. The van der Waals surface area contributed by atoms with Crippen molar-refractivity contribution in [1.82, 2.24) is 0 Å². The Morgan fingerprint density at radius 1 is 1.43 bits per heavy atom. The van der Waals surface area contributed by atoms with Gasteiger partial charge in [0.2, 0.25) is 0 Å². The lowest BCUT2D eigenvalue weighted by Gasteiger charge is -2.24. The number of nitro groups is 1. The van der Waals surface area contributed by atoms with Crippen molar-refractivity contribution >= 4 is 38.6 Å². The quantitative estimate of drug-likeness (QED) is 0.598. The summed E-state index contributed by atoms with van der Waals surface area (Å²) in [6.45, 7) is 1.87. The maximum atomic E-state index is 11.2. The van der Waals surface area contributed by atoms with Crippen LogP contribution < -0.4 is 5.32 Å². The third-order valence-electron chi connectivity index (χ3n) is 3.76. The fourth-order valence-corrected chi connectivity index (χ4v) is 4.59. The van der Waals surface area contributed by atoms with Gasteiger partial charge in [-0.1, -0.05) is 6.07 Å². The summed E-state index contributed by atoms with van der Waals surface area (Å²) < 4.78 is 1.12. The van der Waals surface area contributed by atoms with Crippen molar-refractivity contribution in [3.05, 3.63) is 54.2 Å². The molecule has 1 aromatic heterocycles. The van der Waals surface area contributed by atoms with Crippen LogP contribution in [0.4, 0.5) is 11.4 Å². The van der Waals surface area contributed by atoms with Crippen LogP contribution in [0, 0.1) is 17.0 Å². The Hall–Kier alpha value is -1.40. The van der Waals surface area contributed by atoms with E-state index in [1.807, 2.05) is 19.1 Å². The van der Waals surface area contributed by atoms with E-state index in [1.165, 1.54) is 10.4 Å². The number of nitrogens with one attached hydrogen (secondary N) is 1. The second-order valence-corrected chi connectivity index (χ2v) is 7.81. The van der Waals surface area contributed by atoms with E-state index >= 15 is 0 Å². The molecule has 0 aliphatic heterocycles. The summed E-state index contributed by atoms with van der Waals surface area (Å²) in [6, 6.07) is 7.62. The van der Waals surface area contributed by atoms with Crippen molar-refractivity contribution in [2.45, 2.75) is 32.2 Å². The first-order valence-corrected chi connectivity index (χ1v) is 8.45. The molecule has 1 aliphatic carbocycles. The molecule has 0 saturated heterocycles. The summed E-state index contributed by atoms with van der Waals surface area (Å²) >= 11 is 5.30. The van der Waals surface area contributed by atoms with Gasteiger partial charge < -0.3 is 5.32 Å². The van der Waals surface area contributed by atoms with Crippen LogP contribution in [-0.2, 0) is 6.42 Å². The van der Waals surface area contributed by atoms with E-state index in [0.717, 1.165) is 28.6 Å². The van der Waals surface area contributed by atoms with E-state index in [4.69, 9.17) is 0 Å². The Morgan fingerprint density at radius 2 is 2.24 bits per heavy atom. The number of nitrogens with zero attached hydrogens (tertiary/aromatic N) is 1. The van der Waals surface area contributed by atoms with Gasteiger partial charge in [-0.25, -0.2) is 0 Å². The normalized spacial score (nSPS) is 17.3. The SMILES string of the molecule is Cc1ccc(NC2CCCc3sc(Br)cc32)c([N+](=O)[O-])c1. The molecule has 2 aromatic rings. The highest BCUT2D eigenvalue weighted by Gasteiger charge is 2.25. The van der Waals surface area contributed by atoms with Gasteiger partial charge in [0.15, 0.2) is 0 Å². The molecule has 1 aromatic carbocycles. The average molecular weight is 367 g/mol. The molecule has 0 saturated carbocycles. The summed E-state index contributed by atoms with van der Waals surface area (Å²) in [5.41, 5.74) is 2.92. The third kappa shape index (κ3) is 2.96. The first-order chi connectivity index (χ1) is 10.0. The molecule has 1 aliphatic rings. The van der Waals surface area contributed by atoms with Crippen molar-refractivity contribution in [1.29, 1.82) is 0 Å². The van der Waals surface area contributed by atoms with Gasteiger partial charge in [0, 0.05) is 10.9 Å². The van der Waals surface area contributed by atoms with Crippen LogP contribution in [0.3, 0.4) is 0 Å². The lowest BCUT2D eigenvalue weighted by atomic mass is 9.93.